The summed E-state index contributed by atoms with van der Waals surface area (Å²) < 4.78 is 5.14. The minimum atomic E-state index is 0.640. The summed E-state index contributed by atoms with van der Waals surface area (Å²) in [5, 5.41) is 12.9. The molecule has 0 aliphatic rings. The molecule has 0 aliphatic carbocycles. The van der Waals surface area contributed by atoms with Gasteiger partial charge in [-0.25, -0.2) is 0 Å². The van der Waals surface area contributed by atoms with Gasteiger partial charge in [0.1, 0.15) is 0 Å². The van der Waals surface area contributed by atoms with Crippen molar-refractivity contribution in [3.63, 3.8) is 0 Å². The maximum absolute atomic E-state index is 8.77. The molecule has 3 aromatic carbocycles. The van der Waals surface area contributed by atoms with Crippen molar-refractivity contribution in [3.05, 3.63) is 54.6 Å². The average Bonchev–Trinajstić information content (AvgIpc) is 2.39. The first-order valence-corrected chi connectivity index (χ1v) is 5.36. The zero-order valence-corrected chi connectivity index (χ0v) is 9.05. The van der Waals surface area contributed by atoms with E-state index in [0.717, 1.165) is 21.5 Å². The second-order valence-corrected chi connectivity index (χ2v) is 3.84. The van der Waals surface area contributed by atoms with Gasteiger partial charge in [-0.3, -0.25) is 0 Å². The summed E-state index contributed by atoms with van der Waals surface area (Å²) in [5.41, 5.74) is 0. The van der Waals surface area contributed by atoms with Crippen LogP contribution in [-0.4, -0.2) is 0 Å². The zero-order valence-electron chi connectivity index (χ0n) is 9.05. The molecule has 0 fully saturated rings. The minimum absolute atomic E-state index is 0.640. The number of rotatable bonds is 1. The van der Waals surface area contributed by atoms with Crippen LogP contribution in [0.5, 0.6) is 5.75 Å². The summed E-state index contributed by atoms with van der Waals surface area (Å²) in [6, 6.07) is 17.9. The second-order valence-electron chi connectivity index (χ2n) is 3.84. The molecular formula is C15H9NO. The Hall–Kier alpha value is -2.53. The molecule has 0 N–H and O–H groups in total. The van der Waals surface area contributed by atoms with Gasteiger partial charge in [-0.1, -0.05) is 48.5 Å². The van der Waals surface area contributed by atoms with Crippen LogP contribution in [0.2, 0.25) is 0 Å². The third kappa shape index (κ3) is 1.49. The average molecular weight is 219 g/mol. The van der Waals surface area contributed by atoms with E-state index in [0.29, 0.717) is 5.75 Å². The molecular weight excluding hydrogens is 210 g/mol. The molecule has 0 bridgehead atoms. The molecule has 0 aliphatic heterocycles. The predicted octanol–water partition coefficient (Wildman–Crippen LogP) is 3.85. The van der Waals surface area contributed by atoms with Crippen LogP contribution in [0.25, 0.3) is 21.5 Å². The van der Waals surface area contributed by atoms with E-state index in [9.17, 15) is 0 Å². The molecule has 0 heterocycles. The molecule has 0 atom stereocenters. The Kier molecular flexibility index (Phi) is 2.16. The van der Waals surface area contributed by atoms with Crippen LogP contribution in [0.3, 0.4) is 0 Å². The molecule has 80 valence electrons. The summed E-state index contributed by atoms with van der Waals surface area (Å²) in [6.07, 6.45) is 1.77. The highest BCUT2D eigenvalue weighted by atomic mass is 16.5. The van der Waals surface area contributed by atoms with Crippen molar-refractivity contribution in [1.82, 2.24) is 0 Å². The third-order valence-corrected chi connectivity index (χ3v) is 2.87. The standard InChI is InChI=1S/C15H9NO/c16-10-17-15-13-7-3-1-5-11(13)9-12-6-2-4-8-14(12)15/h1-9H. The lowest BCUT2D eigenvalue weighted by molar-refractivity contribution is 0.519. The summed E-state index contributed by atoms with van der Waals surface area (Å²) >= 11 is 0. The molecule has 0 aromatic heterocycles. The van der Waals surface area contributed by atoms with E-state index in [2.05, 4.69) is 6.07 Å². The van der Waals surface area contributed by atoms with Crippen molar-refractivity contribution in [1.29, 1.82) is 5.26 Å². The van der Waals surface area contributed by atoms with Crippen molar-refractivity contribution in [2.24, 2.45) is 0 Å². The van der Waals surface area contributed by atoms with Crippen LogP contribution in [0.4, 0.5) is 0 Å². The molecule has 0 unspecified atom stereocenters. The summed E-state index contributed by atoms with van der Waals surface area (Å²) in [7, 11) is 0. The first-order valence-electron chi connectivity index (χ1n) is 5.36. The topological polar surface area (TPSA) is 33.0 Å². The van der Waals surface area contributed by atoms with Gasteiger partial charge in [0.25, 0.3) is 6.26 Å². The molecule has 2 nitrogen and oxygen atoms in total. The van der Waals surface area contributed by atoms with Crippen LogP contribution in [0.15, 0.2) is 54.6 Å². The van der Waals surface area contributed by atoms with Crippen LogP contribution in [-0.2, 0) is 0 Å². The molecule has 0 amide bonds. The van der Waals surface area contributed by atoms with Crippen molar-refractivity contribution in [2.45, 2.75) is 0 Å². The van der Waals surface area contributed by atoms with Crippen LogP contribution in [0.1, 0.15) is 0 Å². The molecule has 0 saturated carbocycles. The monoisotopic (exact) mass is 219 g/mol. The van der Waals surface area contributed by atoms with Crippen LogP contribution < -0.4 is 4.74 Å². The number of ether oxygens (including phenoxy) is 1. The predicted molar refractivity (Wildman–Crippen MR) is 67.7 cm³/mol. The number of nitrogens with zero attached hydrogens (tertiary/aromatic N) is 1. The van der Waals surface area contributed by atoms with Gasteiger partial charge in [0.2, 0.25) is 0 Å². The maximum Gasteiger partial charge on any atom is 0.292 e. The highest BCUT2D eigenvalue weighted by molar-refractivity contribution is 6.05. The SMILES string of the molecule is N#COc1c2ccccc2cc2ccccc12. The highest BCUT2D eigenvalue weighted by Crippen LogP contribution is 2.34. The lowest BCUT2D eigenvalue weighted by atomic mass is 10.0. The fourth-order valence-corrected chi connectivity index (χ4v) is 2.13. The lowest BCUT2D eigenvalue weighted by Crippen LogP contribution is -1.86. The van der Waals surface area contributed by atoms with Crippen molar-refractivity contribution in [2.75, 3.05) is 0 Å². The Morgan fingerprint density at radius 3 is 1.88 bits per heavy atom. The Bertz CT molecular complexity index is 687. The molecule has 0 spiro atoms. The van der Waals surface area contributed by atoms with E-state index >= 15 is 0 Å². The molecule has 2 heteroatoms. The Balaban J connectivity index is 2.52. The zero-order chi connectivity index (χ0) is 11.7. The third-order valence-electron chi connectivity index (χ3n) is 2.87. The summed E-state index contributed by atoms with van der Waals surface area (Å²) in [6.45, 7) is 0. The molecule has 17 heavy (non-hydrogen) atoms. The molecule has 3 rings (SSSR count). The molecule has 0 radical (unpaired) electrons. The van der Waals surface area contributed by atoms with Crippen molar-refractivity contribution >= 4 is 21.5 Å². The van der Waals surface area contributed by atoms with Crippen LogP contribution >= 0.6 is 0 Å². The lowest BCUT2D eigenvalue weighted by Gasteiger charge is -2.07. The van der Waals surface area contributed by atoms with Gasteiger partial charge in [0.05, 0.1) is 0 Å². The van der Waals surface area contributed by atoms with Gasteiger partial charge in [-0.05, 0) is 16.8 Å². The van der Waals surface area contributed by atoms with E-state index in [-0.39, 0.29) is 0 Å². The smallest absolute Gasteiger partial charge is 0.292 e. The van der Waals surface area contributed by atoms with E-state index < -0.39 is 0 Å². The van der Waals surface area contributed by atoms with E-state index in [1.807, 2.05) is 48.5 Å². The summed E-state index contributed by atoms with van der Waals surface area (Å²) in [4.78, 5) is 0. The number of hydrogen-bond acceptors (Lipinski definition) is 2. The maximum atomic E-state index is 8.77. The largest absolute Gasteiger partial charge is 0.387 e. The Labute approximate surface area is 98.7 Å². The van der Waals surface area contributed by atoms with Gasteiger partial charge in [0.15, 0.2) is 5.75 Å². The van der Waals surface area contributed by atoms with Crippen molar-refractivity contribution in [3.8, 4) is 12.0 Å². The number of nitriles is 1. The van der Waals surface area contributed by atoms with E-state index in [4.69, 9.17) is 10.00 Å². The quantitative estimate of drug-likeness (QED) is 0.460. The Morgan fingerprint density at radius 1 is 0.824 bits per heavy atom. The first-order chi connectivity index (χ1) is 8.40. The number of benzene rings is 3. The fraction of sp³-hybridized carbons (Fsp3) is 0. The summed E-state index contributed by atoms with van der Waals surface area (Å²) in [5.74, 6) is 0.640. The van der Waals surface area contributed by atoms with Crippen LogP contribution in [0, 0.1) is 11.5 Å². The van der Waals surface area contributed by atoms with Gasteiger partial charge >= 0.3 is 0 Å². The van der Waals surface area contributed by atoms with Gasteiger partial charge in [-0.15, -0.1) is 5.26 Å². The van der Waals surface area contributed by atoms with Gasteiger partial charge < -0.3 is 4.74 Å². The fourth-order valence-electron chi connectivity index (χ4n) is 2.13. The second kappa shape index (κ2) is 3.80. The normalized spacial score (nSPS) is 10.3. The minimum Gasteiger partial charge on any atom is -0.387 e. The van der Waals surface area contributed by atoms with Gasteiger partial charge in [-0.2, -0.15) is 0 Å². The van der Waals surface area contributed by atoms with Gasteiger partial charge in [0, 0.05) is 10.8 Å². The molecule has 0 saturated heterocycles. The van der Waals surface area contributed by atoms with Crippen molar-refractivity contribution < 1.29 is 4.74 Å². The first kappa shape index (κ1) is 9.68. The molecule has 3 aromatic rings. The van der Waals surface area contributed by atoms with E-state index in [1.165, 1.54) is 0 Å². The number of hydrogen-bond donors (Lipinski definition) is 0. The van der Waals surface area contributed by atoms with E-state index in [1.54, 1.807) is 6.26 Å². The number of fused-ring (bicyclic) bond motifs is 2. The highest BCUT2D eigenvalue weighted by Gasteiger charge is 2.07. The Morgan fingerprint density at radius 2 is 1.35 bits per heavy atom.